The third-order valence-corrected chi connectivity index (χ3v) is 4.45. The van der Waals surface area contributed by atoms with E-state index < -0.39 is 10.8 Å². The number of morpholine rings is 1. The van der Waals surface area contributed by atoms with Gasteiger partial charge in [-0.2, -0.15) is 0 Å². The minimum atomic E-state index is -0.890. The van der Waals surface area contributed by atoms with E-state index in [9.17, 15) is 4.21 Å². The number of hydrogen-bond acceptors (Lipinski definition) is 3. The minimum absolute atomic E-state index is 0.277. The first-order valence-corrected chi connectivity index (χ1v) is 7.78. The fraction of sp³-hybridized carbons (Fsp3) is 0.571. The van der Waals surface area contributed by atoms with Gasteiger partial charge in [-0.25, -0.2) is 0 Å². The third-order valence-electron chi connectivity index (χ3n) is 3.09. The summed E-state index contributed by atoms with van der Waals surface area (Å²) in [6, 6.07) is 9.69. The predicted molar refractivity (Wildman–Crippen MR) is 74.2 cm³/mol. The molecular weight excluding hydrogens is 246 g/mol. The highest BCUT2D eigenvalue weighted by atomic mass is 32.2. The highest BCUT2D eigenvalue weighted by Crippen LogP contribution is 2.11. The first-order chi connectivity index (χ1) is 8.65. The second-order valence-corrected chi connectivity index (χ2v) is 6.45. The average molecular weight is 267 g/mol. The Labute approximate surface area is 112 Å². The van der Waals surface area contributed by atoms with Crippen LogP contribution in [0.2, 0.25) is 0 Å². The fourth-order valence-corrected chi connectivity index (χ4v) is 3.49. The van der Waals surface area contributed by atoms with E-state index in [1.54, 1.807) is 0 Å². The molecule has 0 aromatic heterocycles. The minimum Gasteiger partial charge on any atom is -0.373 e. The van der Waals surface area contributed by atoms with Gasteiger partial charge in [0.2, 0.25) is 0 Å². The van der Waals surface area contributed by atoms with Crippen molar-refractivity contribution in [1.29, 1.82) is 0 Å². The maximum Gasteiger partial charge on any atom is 0.0678 e. The van der Waals surface area contributed by atoms with Gasteiger partial charge in [0.15, 0.2) is 0 Å². The summed E-state index contributed by atoms with van der Waals surface area (Å²) in [6.45, 7) is 6.94. The highest BCUT2D eigenvalue weighted by molar-refractivity contribution is 7.85. The molecule has 3 atom stereocenters. The van der Waals surface area contributed by atoms with Crippen molar-refractivity contribution < 1.29 is 8.95 Å². The van der Waals surface area contributed by atoms with Crippen LogP contribution in [0, 0.1) is 0 Å². The molecule has 3 nitrogen and oxygen atoms in total. The van der Waals surface area contributed by atoms with E-state index in [0.717, 1.165) is 24.5 Å². The summed E-state index contributed by atoms with van der Waals surface area (Å²) in [4.78, 5) is 3.27. The Morgan fingerprint density at radius 1 is 1.22 bits per heavy atom. The molecule has 0 saturated carbocycles. The topological polar surface area (TPSA) is 29.5 Å². The second kappa shape index (κ2) is 6.45. The quantitative estimate of drug-likeness (QED) is 0.834. The zero-order chi connectivity index (χ0) is 13.0. The zero-order valence-electron chi connectivity index (χ0n) is 11.0. The van der Waals surface area contributed by atoms with Gasteiger partial charge in [-0.15, -0.1) is 0 Å². The molecule has 0 aliphatic carbocycles. The van der Waals surface area contributed by atoms with Gasteiger partial charge in [-0.3, -0.25) is 9.11 Å². The normalized spacial score (nSPS) is 27.0. The molecule has 1 saturated heterocycles. The maximum absolute atomic E-state index is 12.1. The lowest BCUT2D eigenvalue weighted by atomic mass is 10.2. The summed E-state index contributed by atoms with van der Waals surface area (Å²) in [5, 5.41) is 0. The third kappa shape index (κ3) is 3.90. The van der Waals surface area contributed by atoms with Gasteiger partial charge in [0.05, 0.1) is 23.0 Å². The number of hydrogen-bond donors (Lipinski definition) is 0. The summed E-state index contributed by atoms with van der Waals surface area (Å²) in [5.74, 6) is 0.698. The molecule has 2 rings (SSSR count). The number of nitrogens with zero attached hydrogens (tertiary/aromatic N) is 1. The lowest BCUT2D eigenvalue weighted by molar-refractivity contribution is -0.0661. The Morgan fingerprint density at radius 2 is 1.83 bits per heavy atom. The van der Waals surface area contributed by atoms with Crippen molar-refractivity contribution in [2.45, 2.75) is 31.0 Å². The Hall–Kier alpha value is -0.710. The van der Waals surface area contributed by atoms with E-state index in [0.29, 0.717) is 5.75 Å². The largest absolute Gasteiger partial charge is 0.373 e. The fourth-order valence-electron chi connectivity index (χ4n) is 2.37. The van der Waals surface area contributed by atoms with Crippen LogP contribution in [0.1, 0.15) is 13.8 Å². The predicted octanol–water partition coefficient (Wildman–Crippen LogP) is 1.90. The molecule has 1 heterocycles. The maximum atomic E-state index is 12.1. The molecule has 0 spiro atoms. The molecule has 18 heavy (non-hydrogen) atoms. The number of benzene rings is 1. The summed E-state index contributed by atoms with van der Waals surface area (Å²) in [6.07, 6.45) is 0.554. The van der Waals surface area contributed by atoms with Gasteiger partial charge >= 0.3 is 0 Å². The van der Waals surface area contributed by atoms with Crippen molar-refractivity contribution in [2.75, 3.05) is 25.4 Å². The van der Waals surface area contributed by atoms with E-state index in [4.69, 9.17) is 4.74 Å². The lowest BCUT2D eigenvalue weighted by Crippen LogP contribution is -2.46. The SMILES string of the molecule is CC1CN(CCS(=O)c2ccccc2)CC(C)O1. The van der Waals surface area contributed by atoms with Crippen LogP contribution in [0.3, 0.4) is 0 Å². The second-order valence-electron chi connectivity index (χ2n) is 4.88. The van der Waals surface area contributed by atoms with Crippen LogP contribution >= 0.6 is 0 Å². The highest BCUT2D eigenvalue weighted by Gasteiger charge is 2.22. The van der Waals surface area contributed by atoms with Crippen LogP contribution in [-0.4, -0.2) is 46.7 Å². The first-order valence-electron chi connectivity index (χ1n) is 6.46. The molecule has 0 bridgehead atoms. The molecule has 1 aromatic rings. The molecule has 0 N–H and O–H groups in total. The van der Waals surface area contributed by atoms with E-state index in [2.05, 4.69) is 18.7 Å². The Morgan fingerprint density at radius 3 is 2.44 bits per heavy atom. The molecule has 1 aliphatic rings. The summed E-state index contributed by atoms with van der Waals surface area (Å²) >= 11 is 0. The van der Waals surface area contributed by atoms with E-state index in [1.807, 2.05) is 30.3 Å². The first kappa shape index (κ1) is 13.7. The van der Waals surface area contributed by atoms with Crippen LogP contribution in [0.25, 0.3) is 0 Å². The van der Waals surface area contributed by atoms with Gasteiger partial charge in [0.1, 0.15) is 0 Å². The van der Waals surface area contributed by atoms with E-state index in [-0.39, 0.29) is 12.2 Å². The van der Waals surface area contributed by atoms with Gasteiger partial charge < -0.3 is 4.74 Å². The molecule has 1 aromatic carbocycles. The van der Waals surface area contributed by atoms with Crippen molar-refractivity contribution in [3.63, 3.8) is 0 Å². The molecule has 100 valence electrons. The summed E-state index contributed by atoms with van der Waals surface area (Å²) in [5.41, 5.74) is 0. The Balaban J connectivity index is 1.83. The molecule has 0 radical (unpaired) electrons. The molecule has 4 heteroatoms. The van der Waals surface area contributed by atoms with Gasteiger partial charge in [0, 0.05) is 30.3 Å². The van der Waals surface area contributed by atoms with Gasteiger partial charge in [-0.1, -0.05) is 18.2 Å². The van der Waals surface area contributed by atoms with Gasteiger partial charge in [0.25, 0.3) is 0 Å². The summed E-state index contributed by atoms with van der Waals surface area (Å²) in [7, 11) is -0.890. The van der Waals surface area contributed by atoms with Crippen molar-refractivity contribution in [1.82, 2.24) is 4.90 Å². The molecular formula is C14H21NO2S. The van der Waals surface area contributed by atoms with Crippen LogP contribution in [-0.2, 0) is 15.5 Å². The number of rotatable bonds is 4. The van der Waals surface area contributed by atoms with Crippen molar-refractivity contribution >= 4 is 10.8 Å². The van der Waals surface area contributed by atoms with Crippen molar-refractivity contribution in [3.05, 3.63) is 30.3 Å². The van der Waals surface area contributed by atoms with Crippen LogP contribution in [0.5, 0.6) is 0 Å². The van der Waals surface area contributed by atoms with Crippen LogP contribution in [0.4, 0.5) is 0 Å². The van der Waals surface area contributed by atoms with E-state index >= 15 is 0 Å². The number of ether oxygens (including phenoxy) is 1. The average Bonchev–Trinajstić information content (AvgIpc) is 2.36. The van der Waals surface area contributed by atoms with Crippen LogP contribution in [0.15, 0.2) is 35.2 Å². The standard InChI is InChI=1S/C14H21NO2S/c1-12-10-15(11-13(2)17-12)8-9-18(16)14-6-4-3-5-7-14/h3-7,12-13H,8-11H2,1-2H3. The molecule has 1 fully saturated rings. The van der Waals surface area contributed by atoms with Crippen molar-refractivity contribution in [3.8, 4) is 0 Å². The van der Waals surface area contributed by atoms with Crippen LogP contribution < -0.4 is 0 Å². The summed E-state index contributed by atoms with van der Waals surface area (Å²) < 4.78 is 17.8. The zero-order valence-corrected chi connectivity index (χ0v) is 11.9. The molecule has 1 aliphatic heterocycles. The molecule has 0 amide bonds. The molecule has 3 unspecified atom stereocenters. The van der Waals surface area contributed by atoms with Crippen molar-refractivity contribution in [2.24, 2.45) is 0 Å². The van der Waals surface area contributed by atoms with E-state index in [1.165, 1.54) is 0 Å². The lowest BCUT2D eigenvalue weighted by Gasteiger charge is -2.35. The Bertz CT molecular complexity index is 386. The Kier molecular flexibility index (Phi) is 4.92. The smallest absolute Gasteiger partial charge is 0.0678 e. The monoisotopic (exact) mass is 267 g/mol. The van der Waals surface area contributed by atoms with Gasteiger partial charge in [-0.05, 0) is 26.0 Å².